The van der Waals surface area contributed by atoms with Crippen LogP contribution in [0.4, 0.5) is 0 Å². The van der Waals surface area contributed by atoms with E-state index >= 15 is 0 Å². The first kappa shape index (κ1) is 16.4. The third-order valence-electron chi connectivity index (χ3n) is 4.12. The van der Waals surface area contributed by atoms with Gasteiger partial charge in [-0.3, -0.25) is 4.79 Å². The van der Waals surface area contributed by atoms with Crippen molar-refractivity contribution >= 4 is 5.91 Å². The molecule has 1 unspecified atom stereocenters. The third kappa shape index (κ3) is 3.53. The first-order chi connectivity index (χ1) is 11.6. The second-order valence-corrected chi connectivity index (χ2v) is 5.93. The smallest absolute Gasteiger partial charge is 0.254 e. The Kier molecular flexibility index (Phi) is 4.75. The Bertz CT molecular complexity index is 708. The van der Waals surface area contributed by atoms with Gasteiger partial charge in [0.25, 0.3) is 5.91 Å². The molecule has 2 aromatic heterocycles. The van der Waals surface area contributed by atoms with Gasteiger partial charge in [0.2, 0.25) is 5.88 Å². The van der Waals surface area contributed by atoms with Crippen LogP contribution in [0, 0.1) is 12.8 Å². The van der Waals surface area contributed by atoms with Gasteiger partial charge in [0.05, 0.1) is 24.1 Å². The fourth-order valence-electron chi connectivity index (χ4n) is 2.51. The Labute approximate surface area is 140 Å². The molecule has 8 heteroatoms. The minimum atomic E-state index is -0.172. The number of carbonyl (C=O) groups is 1. The summed E-state index contributed by atoms with van der Waals surface area (Å²) in [5, 5.41) is 15.2. The lowest BCUT2D eigenvalue weighted by molar-refractivity contribution is 0.0949. The van der Waals surface area contributed by atoms with Crippen molar-refractivity contribution in [2.45, 2.75) is 32.7 Å². The summed E-state index contributed by atoms with van der Waals surface area (Å²) in [5.74, 6) is 1.37. The van der Waals surface area contributed by atoms with Crippen LogP contribution < -0.4 is 15.8 Å². The number of nitrogens with zero attached hydrogens (tertiary/aromatic N) is 4. The van der Waals surface area contributed by atoms with E-state index in [0.29, 0.717) is 42.0 Å². The monoisotopic (exact) mass is 330 g/mol. The Morgan fingerprint density at radius 3 is 2.88 bits per heavy atom. The van der Waals surface area contributed by atoms with E-state index in [2.05, 4.69) is 20.6 Å². The minimum Gasteiger partial charge on any atom is -0.477 e. The lowest BCUT2D eigenvalue weighted by atomic mass is 10.2. The number of carbonyl (C=O) groups excluding carboxylic acids is 1. The predicted molar refractivity (Wildman–Crippen MR) is 88.1 cm³/mol. The van der Waals surface area contributed by atoms with E-state index in [-0.39, 0.29) is 11.9 Å². The fourth-order valence-corrected chi connectivity index (χ4v) is 2.51. The highest BCUT2D eigenvalue weighted by Crippen LogP contribution is 2.31. The summed E-state index contributed by atoms with van der Waals surface area (Å²) in [6.07, 6.45) is 3.85. The van der Waals surface area contributed by atoms with E-state index < -0.39 is 0 Å². The van der Waals surface area contributed by atoms with E-state index in [1.54, 1.807) is 16.8 Å². The third-order valence-corrected chi connectivity index (χ3v) is 4.12. The molecule has 2 aromatic rings. The van der Waals surface area contributed by atoms with Gasteiger partial charge in [-0.05, 0) is 38.7 Å². The van der Waals surface area contributed by atoms with Gasteiger partial charge >= 0.3 is 0 Å². The van der Waals surface area contributed by atoms with Crippen molar-refractivity contribution in [1.29, 1.82) is 0 Å². The predicted octanol–water partition coefficient (Wildman–Crippen LogP) is 0.837. The summed E-state index contributed by atoms with van der Waals surface area (Å²) in [5.41, 5.74) is 7.22. The van der Waals surface area contributed by atoms with Gasteiger partial charge in [-0.2, -0.15) is 5.10 Å². The molecule has 0 aromatic carbocycles. The van der Waals surface area contributed by atoms with Gasteiger partial charge in [-0.1, -0.05) is 0 Å². The molecule has 1 aliphatic carbocycles. The van der Waals surface area contributed by atoms with Crippen molar-refractivity contribution in [3.63, 3.8) is 0 Å². The molecule has 2 heterocycles. The average Bonchev–Trinajstić information content (AvgIpc) is 3.36. The normalized spacial score (nSPS) is 15.1. The van der Waals surface area contributed by atoms with Crippen LogP contribution in [0.3, 0.4) is 0 Å². The van der Waals surface area contributed by atoms with Crippen LogP contribution in [-0.4, -0.2) is 45.1 Å². The summed E-state index contributed by atoms with van der Waals surface area (Å²) in [6.45, 7) is 4.72. The van der Waals surface area contributed by atoms with Gasteiger partial charge < -0.3 is 15.8 Å². The topological polar surface area (TPSA) is 108 Å². The number of aromatic nitrogens is 4. The molecule has 1 fully saturated rings. The van der Waals surface area contributed by atoms with Crippen molar-refractivity contribution in [1.82, 2.24) is 25.3 Å². The summed E-state index contributed by atoms with van der Waals surface area (Å²) >= 11 is 0. The number of nitrogens with two attached hydrogens (primary N) is 1. The quantitative estimate of drug-likeness (QED) is 0.779. The van der Waals surface area contributed by atoms with E-state index in [0.717, 1.165) is 12.8 Å². The zero-order chi connectivity index (χ0) is 17.1. The molecule has 0 bridgehead atoms. The number of rotatable bonds is 7. The van der Waals surface area contributed by atoms with Crippen LogP contribution in [0.5, 0.6) is 5.88 Å². The molecule has 1 aliphatic rings. The molecule has 3 N–H and O–H groups in total. The van der Waals surface area contributed by atoms with E-state index in [4.69, 9.17) is 10.5 Å². The zero-order valence-corrected chi connectivity index (χ0v) is 13.9. The summed E-state index contributed by atoms with van der Waals surface area (Å²) in [4.78, 5) is 12.3. The number of hydrogen-bond donors (Lipinski definition) is 2. The van der Waals surface area contributed by atoms with Crippen LogP contribution in [-0.2, 0) is 0 Å². The van der Waals surface area contributed by atoms with Crippen LogP contribution in [0.25, 0.3) is 5.82 Å². The van der Waals surface area contributed by atoms with Gasteiger partial charge in [0, 0.05) is 18.7 Å². The molecule has 0 saturated heterocycles. The Balaban J connectivity index is 1.69. The molecule has 1 atom stereocenters. The van der Waals surface area contributed by atoms with E-state index in [1.165, 1.54) is 6.20 Å². The maximum Gasteiger partial charge on any atom is 0.254 e. The van der Waals surface area contributed by atoms with Crippen LogP contribution in [0.1, 0.15) is 35.8 Å². The number of nitrogens with one attached hydrogen (secondary N) is 1. The van der Waals surface area contributed by atoms with Crippen molar-refractivity contribution in [3.8, 4) is 11.7 Å². The average molecular weight is 330 g/mol. The largest absolute Gasteiger partial charge is 0.477 e. The number of hydrogen-bond acceptors (Lipinski definition) is 6. The number of amides is 1. The molecule has 8 nitrogen and oxygen atoms in total. The summed E-state index contributed by atoms with van der Waals surface area (Å²) in [7, 11) is 0. The highest BCUT2D eigenvalue weighted by atomic mass is 16.5. The SMILES string of the molecule is CCOc1ccc(-n2ncc(C(=O)NCC(N)C3CC3)c2C)nn1. The van der Waals surface area contributed by atoms with Crippen LogP contribution in [0.2, 0.25) is 0 Å². The maximum absolute atomic E-state index is 12.3. The molecular formula is C16H22N6O2. The molecule has 1 saturated carbocycles. The molecule has 128 valence electrons. The fraction of sp³-hybridized carbons (Fsp3) is 0.500. The van der Waals surface area contributed by atoms with E-state index in [9.17, 15) is 4.79 Å². The lowest BCUT2D eigenvalue weighted by Crippen LogP contribution is -2.38. The highest BCUT2D eigenvalue weighted by molar-refractivity contribution is 5.95. The Morgan fingerprint density at radius 2 is 2.25 bits per heavy atom. The maximum atomic E-state index is 12.3. The van der Waals surface area contributed by atoms with Crippen molar-refractivity contribution in [2.24, 2.45) is 11.7 Å². The molecular weight excluding hydrogens is 308 g/mol. The molecule has 0 radical (unpaired) electrons. The first-order valence-corrected chi connectivity index (χ1v) is 8.15. The second-order valence-electron chi connectivity index (χ2n) is 5.93. The van der Waals surface area contributed by atoms with Crippen molar-refractivity contribution in [3.05, 3.63) is 29.6 Å². The molecule has 0 spiro atoms. The molecule has 3 rings (SSSR count). The van der Waals surface area contributed by atoms with Crippen LogP contribution >= 0.6 is 0 Å². The lowest BCUT2D eigenvalue weighted by Gasteiger charge is -2.11. The van der Waals surface area contributed by atoms with Gasteiger partial charge in [-0.15, -0.1) is 10.2 Å². The molecule has 0 aliphatic heterocycles. The zero-order valence-electron chi connectivity index (χ0n) is 13.9. The summed E-state index contributed by atoms with van der Waals surface area (Å²) in [6, 6.07) is 3.51. The van der Waals surface area contributed by atoms with Crippen LogP contribution in [0.15, 0.2) is 18.3 Å². The van der Waals surface area contributed by atoms with E-state index in [1.807, 2.05) is 13.8 Å². The first-order valence-electron chi connectivity index (χ1n) is 8.15. The Hall–Kier alpha value is -2.48. The standard InChI is InChI=1S/C16H22N6O2/c1-3-24-15-7-6-14(20-21-15)22-10(2)12(8-19-22)16(23)18-9-13(17)11-4-5-11/h6-8,11,13H,3-5,9,17H2,1-2H3,(H,18,23). The van der Waals surface area contributed by atoms with Gasteiger partial charge in [0.1, 0.15) is 0 Å². The highest BCUT2D eigenvalue weighted by Gasteiger charge is 2.28. The molecule has 24 heavy (non-hydrogen) atoms. The second kappa shape index (κ2) is 6.96. The van der Waals surface area contributed by atoms with Gasteiger partial charge in [-0.25, -0.2) is 4.68 Å². The molecule has 1 amide bonds. The summed E-state index contributed by atoms with van der Waals surface area (Å²) < 4.78 is 6.85. The minimum absolute atomic E-state index is 0.0290. The van der Waals surface area contributed by atoms with Crippen molar-refractivity contribution < 1.29 is 9.53 Å². The number of ether oxygens (including phenoxy) is 1. The van der Waals surface area contributed by atoms with Gasteiger partial charge in [0.15, 0.2) is 5.82 Å². The van der Waals surface area contributed by atoms with Crippen molar-refractivity contribution in [2.75, 3.05) is 13.2 Å². The Morgan fingerprint density at radius 1 is 1.46 bits per heavy atom.